The molecule has 1 aromatic carbocycles. The van der Waals surface area contributed by atoms with E-state index in [-0.39, 0.29) is 23.5 Å². The number of anilines is 1. The van der Waals surface area contributed by atoms with Crippen molar-refractivity contribution in [1.82, 2.24) is 0 Å². The molecule has 9 heteroatoms. The molecule has 6 nitrogen and oxygen atoms in total. The molecule has 28 heavy (non-hydrogen) atoms. The number of benzene rings is 1. The Morgan fingerprint density at radius 2 is 2.11 bits per heavy atom. The van der Waals surface area contributed by atoms with Gasteiger partial charge in [0.05, 0.1) is 15.7 Å². The lowest BCUT2D eigenvalue weighted by atomic mass is 10.1. The van der Waals surface area contributed by atoms with Crippen molar-refractivity contribution in [3.8, 4) is 11.8 Å². The van der Waals surface area contributed by atoms with Gasteiger partial charge in [0.25, 0.3) is 5.91 Å². The normalized spacial score (nSPS) is 11.1. The van der Waals surface area contributed by atoms with Gasteiger partial charge < -0.3 is 15.2 Å². The number of rotatable bonds is 5. The zero-order valence-electron chi connectivity index (χ0n) is 15.2. The zero-order valence-corrected chi connectivity index (χ0v) is 19.8. The number of hydrogen-bond donors (Lipinski definition) is 2. The molecule has 146 valence electrons. The smallest absolute Gasteiger partial charge is 0.341 e. The lowest BCUT2D eigenvalue weighted by molar-refractivity contribution is -0.112. The summed E-state index contributed by atoms with van der Waals surface area (Å²) in [7, 11) is 0. The van der Waals surface area contributed by atoms with E-state index < -0.39 is 11.9 Å². The Hall–Kier alpha value is -1.90. The Morgan fingerprint density at radius 1 is 1.43 bits per heavy atom. The Morgan fingerprint density at radius 3 is 2.71 bits per heavy atom. The highest BCUT2D eigenvalue weighted by molar-refractivity contribution is 14.1. The summed E-state index contributed by atoms with van der Waals surface area (Å²) in [4.78, 5) is 25.7. The molecule has 2 N–H and O–H groups in total. The fourth-order valence-electron chi connectivity index (χ4n) is 2.33. The predicted molar refractivity (Wildman–Crippen MR) is 120 cm³/mol. The Bertz CT molecular complexity index is 1020. The van der Waals surface area contributed by atoms with Crippen LogP contribution in [0.1, 0.15) is 33.3 Å². The molecule has 2 aromatic rings. The number of hydrogen-bond acceptors (Lipinski definition) is 6. The van der Waals surface area contributed by atoms with E-state index in [1.54, 1.807) is 26.0 Å². The highest BCUT2D eigenvalue weighted by atomic mass is 127. The number of halogens is 2. The van der Waals surface area contributed by atoms with E-state index in [0.717, 1.165) is 10.4 Å². The van der Waals surface area contributed by atoms with E-state index in [4.69, 9.17) is 4.74 Å². The van der Waals surface area contributed by atoms with Crippen LogP contribution in [0.2, 0.25) is 0 Å². The maximum atomic E-state index is 12.6. The van der Waals surface area contributed by atoms with Crippen molar-refractivity contribution >= 4 is 72.8 Å². The summed E-state index contributed by atoms with van der Waals surface area (Å²) in [6.45, 7) is 5.52. The summed E-state index contributed by atoms with van der Waals surface area (Å²) in [6, 6.07) is 5.15. The second kappa shape index (κ2) is 9.54. The molecule has 0 saturated heterocycles. The van der Waals surface area contributed by atoms with Gasteiger partial charge in [-0.15, -0.1) is 11.3 Å². The van der Waals surface area contributed by atoms with Crippen LogP contribution in [0.5, 0.6) is 5.75 Å². The topological polar surface area (TPSA) is 99.4 Å². The molecule has 0 fully saturated rings. The first-order valence-corrected chi connectivity index (χ1v) is 10.8. The molecule has 0 aliphatic carbocycles. The standard InChI is InChI=1S/C19H16BrIN2O4S/c1-4-27-19(26)15-9(2)10(3)28-18(15)23-17(25)12(8-22)5-11-6-13(20)7-14(21)16(11)24/h5-7,24H,4H2,1-3H3,(H,23,25). The van der Waals surface area contributed by atoms with Crippen LogP contribution in [0.25, 0.3) is 6.08 Å². The fraction of sp³-hybridized carbons (Fsp3) is 0.211. The van der Waals surface area contributed by atoms with Gasteiger partial charge in [0, 0.05) is 14.9 Å². The van der Waals surface area contributed by atoms with Crippen LogP contribution in [0.3, 0.4) is 0 Å². The number of phenolic OH excluding ortho intramolecular Hbond substituents is 1. The van der Waals surface area contributed by atoms with Gasteiger partial charge in [-0.3, -0.25) is 4.79 Å². The second-order valence-electron chi connectivity index (χ2n) is 5.66. The average molecular weight is 575 g/mol. The number of nitrogens with zero attached hydrogens (tertiary/aromatic N) is 1. The van der Waals surface area contributed by atoms with Crippen LogP contribution in [0.4, 0.5) is 5.00 Å². The fourth-order valence-corrected chi connectivity index (χ4v) is 4.93. The molecule has 0 atom stereocenters. The summed E-state index contributed by atoms with van der Waals surface area (Å²) >= 11 is 6.51. The number of aromatic hydroxyl groups is 1. The first kappa shape index (κ1) is 22.4. The van der Waals surface area contributed by atoms with Crippen LogP contribution in [0.15, 0.2) is 22.2 Å². The zero-order chi connectivity index (χ0) is 21.0. The molecular formula is C19H16BrIN2O4S. The second-order valence-corrected chi connectivity index (χ2v) is 8.96. The quantitative estimate of drug-likeness (QED) is 0.222. The molecule has 0 radical (unpaired) electrons. The minimum atomic E-state index is -0.677. The van der Waals surface area contributed by atoms with E-state index in [9.17, 15) is 20.0 Å². The highest BCUT2D eigenvalue weighted by Crippen LogP contribution is 2.34. The van der Waals surface area contributed by atoms with Crippen molar-refractivity contribution in [3.63, 3.8) is 0 Å². The molecule has 1 amide bonds. The monoisotopic (exact) mass is 574 g/mol. The number of amides is 1. The van der Waals surface area contributed by atoms with Crippen molar-refractivity contribution in [1.29, 1.82) is 5.26 Å². The van der Waals surface area contributed by atoms with Crippen LogP contribution in [-0.2, 0) is 9.53 Å². The van der Waals surface area contributed by atoms with Gasteiger partial charge in [-0.05, 0) is 67.1 Å². The van der Waals surface area contributed by atoms with Crippen molar-refractivity contribution in [2.45, 2.75) is 20.8 Å². The molecule has 2 rings (SSSR count). The third kappa shape index (κ3) is 4.92. The maximum Gasteiger partial charge on any atom is 0.341 e. The molecular weight excluding hydrogens is 559 g/mol. The number of esters is 1. The van der Waals surface area contributed by atoms with E-state index in [1.165, 1.54) is 17.4 Å². The van der Waals surface area contributed by atoms with Crippen LogP contribution >= 0.6 is 49.9 Å². The molecule has 0 saturated carbocycles. The van der Waals surface area contributed by atoms with Crippen LogP contribution in [-0.4, -0.2) is 23.6 Å². The number of aryl methyl sites for hydroxylation is 1. The Labute approximate surface area is 188 Å². The largest absolute Gasteiger partial charge is 0.506 e. The third-order valence-corrected chi connectivity index (χ3v) is 6.22. The van der Waals surface area contributed by atoms with Gasteiger partial charge in [-0.1, -0.05) is 15.9 Å². The summed E-state index contributed by atoms with van der Waals surface area (Å²) in [5, 5.41) is 22.6. The molecule has 1 aromatic heterocycles. The van der Waals surface area contributed by atoms with Crippen molar-refractivity contribution in [2.24, 2.45) is 0 Å². The maximum absolute atomic E-state index is 12.6. The van der Waals surface area contributed by atoms with E-state index in [0.29, 0.717) is 18.6 Å². The van der Waals surface area contributed by atoms with Crippen molar-refractivity contribution < 1.29 is 19.4 Å². The Kier molecular flexibility index (Phi) is 7.63. The van der Waals surface area contributed by atoms with Gasteiger partial charge >= 0.3 is 5.97 Å². The molecule has 0 aliphatic rings. The lowest BCUT2D eigenvalue weighted by Gasteiger charge is -2.07. The SMILES string of the molecule is CCOC(=O)c1c(NC(=O)C(C#N)=Cc2cc(Br)cc(I)c2O)sc(C)c1C. The number of thiophene rings is 1. The highest BCUT2D eigenvalue weighted by Gasteiger charge is 2.23. The summed E-state index contributed by atoms with van der Waals surface area (Å²) in [5.74, 6) is -1.23. The number of carbonyl (C=O) groups is 2. The summed E-state index contributed by atoms with van der Waals surface area (Å²) in [6.07, 6.45) is 1.30. The van der Waals surface area contributed by atoms with E-state index in [1.807, 2.05) is 35.6 Å². The van der Waals surface area contributed by atoms with E-state index in [2.05, 4.69) is 21.2 Å². The molecule has 0 unspecified atom stereocenters. The van der Waals surface area contributed by atoms with Gasteiger partial charge in [-0.2, -0.15) is 5.26 Å². The Balaban J connectivity index is 2.40. The van der Waals surface area contributed by atoms with Gasteiger partial charge in [0.2, 0.25) is 0 Å². The number of nitrogens with one attached hydrogen (secondary N) is 1. The molecule has 0 aliphatic heterocycles. The average Bonchev–Trinajstić information content (AvgIpc) is 2.90. The predicted octanol–water partition coefficient (Wildman–Crippen LogP) is 5.16. The number of carbonyl (C=O) groups excluding carboxylic acids is 2. The van der Waals surface area contributed by atoms with Gasteiger partial charge in [-0.25, -0.2) is 4.79 Å². The minimum Gasteiger partial charge on any atom is -0.506 e. The molecule has 0 spiro atoms. The van der Waals surface area contributed by atoms with Crippen LogP contribution in [0, 0.1) is 28.7 Å². The lowest BCUT2D eigenvalue weighted by Crippen LogP contribution is -2.16. The summed E-state index contributed by atoms with van der Waals surface area (Å²) in [5.41, 5.74) is 1.13. The first-order valence-electron chi connectivity index (χ1n) is 8.07. The van der Waals surface area contributed by atoms with E-state index >= 15 is 0 Å². The minimum absolute atomic E-state index is 0.0284. The third-order valence-electron chi connectivity index (χ3n) is 3.81. The van der Waals surface area contributed by atoms with Crippen LogP contribution < -0.4 is 5.32 Å². The number of nitriles is 1. The van der Waals surface area contributed by atoms with Crippen molar-refractivity contribution in [2.75, 3.05) is 11.9 Å². The first-order chi connectivity index (χ1) is 13.2. The molecule has 0 bridgehead atoms. The molecule has 1 heterocycles. The summed E-state index contributed by atoms with van der Waals surface area (Å²) < 4.78 is 6.34. The van der Waals surface area contributed by atoms with Crippen molar-refractivity contribution in [3.05, 3.63) is 47.3 Å². The van der Waals surface area contributed by atoms with Gasteiger partial charge in [0.1, 0.15) is 22.4 Å². The number of phenols is 1. The van der Waals surface area contributed by atoms with Gasteiger partial charge in [0.15, 0.2) is 0 Å². The number of ether oxygens (including phenoxy) is 1.